The van der Waals surface area contributed by atoms with E-state index < -0.39 is 13.8 Å². The molecule has 0 aliphatic rings. The van der Waals surface area contributed by atoms with Gasteiger partial charge in [-0.25, -0.2) is 0 Å². The van der Waals surface area contributed by atoms with Crippen LogP contribution in [-0.4, -0.2) is 13.2 Å². The van der Waals surface area contributed by atoms with Gasteiger partial charge in [0.2, 0.25) is 0 Å². The summed E-state index contributed by atoms with van der Waals surface area (Å²) in [4.78, 5) is 0. The van der Waals surface area contributed by atoms with Crippen molar-refractivity contribution in [3.63, 3.8) is 0 Å². The molecule has 4 aromatic rings. The van der Waals surface area contributed by atoms with Crippen LogP contribution in [0.2, 0.25) is 0 Å². The van der Waals surface area contributed by atoms with Gasteiger partial charge in [-0.05, 0) is 28.0 Å². The number of aryl methyl sites for hydroxylation is 1. The van der Waals surface area contributed by atoms with Crippen molar-refractivity contribution in [3.8, 4) is 0 Å². The van der Waals surface area contributed by atoms with Crippen LogP contribution in [0.5, 0.6) is 0 Å². The smallest absolute Gasteiger partial charge is 0.184 e. The van der Waals surface area contributed by atoms with Crippen LogP contribution < -0.4 is 15.6 Å². The Morgan fingerprint density at radius 2 is 0.893 bits per heavy atom. The number of hydrogen-bond donors (Lipinski definition) is 1. The first kappa shape index (κ1) is 18.4. The zero-order valence-corrected chi connectivity index (χ0v) is 17.0. The van der Waals surface area contributed by atoms with Crippen molar-refractivity contribution in [3.05, 3.63) is 126 Å². The van der Waals surface area contributed by atoms with E-state index in [2.05, 4.69) is 104 Å². The number of hydrogen-bond acceptors (Lipinski definition) is 1. The molecule has 1 N–H and O–H groups in total. The van der Waals surface area contributed by atoms with E-state index in [-0.39, 0.29) is 0 Å². The number of rotatable bonds is 5. The van der Waals surface area contributed by atoms with Gasteiger partial charge in [-0.3, -0.25) is 0 Å². The second kappa shape index (κ2) is 7.97. The minimum Gasteiger partial charge on any atom is -0.391 e. The number of aliphatic hydroxyl groups excluding tert-OH is 1. The molecule has 0 unspecified atom stereocenters. The SMILES string of the molecule is Cc1ccc([C@H](O)[Si](c2ccccc2)(c2ccccc2)c2ccccc2)cc1. The Morgan fingerprint density at radius 1 is 0.536 bits per heavy atom. The van der Waals surface area contributed by atoms with E-state index in [1.807, 2.05) is 18.2 Å². The molecule has 0 radical (unpaired) electrons. The summed E-state index contributed by atoms with van der Waals surface area (Å²) in [5.74, 6) is 0. The fraction of sp³-hybridized carbons (Fsp3) is 0.0769. The normalized spacial score (nSPS) is 12.5. The predicted molar refractivity (Wildman–Crippen MR) is 120 cm³/mol. The summed E-state index contributed by atoms with van der Waals surface area (Å²) in [5.41, 5.74) is 1.57. The second-order valence-corrected chi connectivity index (χ2v) is 11.1. The molecule has 1 atom stereocenters. The highest BCUT2D eigenvalue weighted by Crippen LogP contribution is 2.25. The average molecular weight is 381 g/mol. The van der Waals surface area contributed by atoms with E-state index in [1.165, 1.54) is 21.1 Å². The van der Waals surface area contributed by atoms with E-state index in [9.17, 15) is 5.11 Å². The van der Waals surface area contributed by atoms with Crippen LogP contribution in [0.25, 0.3) is 0 Å². The molecule has 0 saturated carbocycles. The maximum Gasteiger partial charge on any atom is 0.184 e. The summed E-state index contributed by atoms with van der Waals surface area (Å²) >= 11 is 0. The molecule has 0 heterocycles. The Morgan fingerprint density at radius 3 is 1.25 bits per heavy atom. The maximum atomic E-state index is 11.9. The first-order valence-electron chi connectivity index (χ1n) is 9.64. The van der Waals surface area contributed by atoms with Crippen LogP contribution in [0.3, 0.4) is 0 Å². The molecule has 28 heavy (non-hydrogen) atoms. The number of benzene rings is 4. The summed E-state index contributed by atoms with van der Waals surface area (Å²) in [7, 11) is -2.73. The Labute approximate surface area is 168 Å². The number of aliphatic hydroxyl groups is 1. The minimum absolute atomic E-state index is 0.597. The molecule has 138 valence electrons. The van der Waals surface area contributed by atoms with Gasteiger partial charge < -0.3 is 5.11 Å². The molecule has 4 aromatic carbocycles. The summed E-state index contributed by atoms with van der Waals surface area (Å²) < 4.78 is 0. The quantitative estimate of drug-likeness (QED) is 0.413. The third-order valence-corrected chi connectivity index (χ3v) is 10.4. The highest BCUT2D eigenvalue weighted by molar-refractivity contribution is 7.12. The Kier molecular flexibility index (Phi) is 5.24. The van der Waals surface area contributed by atoms with Gasteiger partial charge in [0.15, 0.2) is 8.07 Å². The van der Waals surface area contributed by atoms with Gasteiger partial charge in [-0.15, -0.1) is 0 Å². The van der Waals surface area contributed by atoms with Crippen LogP contribution in [0.4, 0.5) is 0 Å². The molecule has 0 saturated heterocycles. The van der Waals surface area contributed by atoms with Crippen molar-refractivity contribution in [2.45, 2.75) is 12.7 Å². The summed E-state index contributed by atoms with van der Waals surface area (Å²) in [6.07, 6.45) is 0. The van der Waals surface area contributed by atoms with E-state index in [0.717, 1.165) is 5.56 Å². The molecule has 0 fully saturated rings. The van der Waals surface area contributed by atoms with E-state index in [4.69, 9.17) is 0 Å². The molecule has 0 amide bonds. The highest BCUT2D eigenvalue weighted by atomic mass is 28.3. The molecule has 0 aliphatic heterocycles. The molecule has 2 heteroatoms. The van der Waals surface area contributed by atoms with Crippen LogP contribution in [0.15, 0.2) is 115 Å². The van der Waals surface area contributed by atoms with E-state index in [0.29, 0.717) is 0 Å². The molecule has 0 bridgehead atoms. The fourth-order valence-electron chi connectivity index (χ4n) is 4.08. The third kappa shape index (κ3) is 3.22. The molecular weight excluding hydrogens is 356 g/mol. The van der Waals surface area contributed by atoms with Gasteiger partial charge in [-0.1, -0.05) is 121 Å². The first-order valence-corrected chi connectivity index (χ1v) is 11.7. The van der Waals surface area contributed by atoms with Gasteiger partial charge in [0.25, 0.3) is 0 Å². The molecule has 0 aliphatic carbocycles. The Balaban J connectivity index is 2.05. The van der Waals surface area contributed by atoms with Crippen LogP contribution in [-0.2, 0) is 0 Å². The lowest BCUT2D eigenvalue weighted by atomic mass is 10.2. The summed E-state index contributed by atoms with van der Waals surface area (Å²) in [5, 5.41) is 15.6. The van der Waals surface area contributed by atoms with Crippen molar-refractivity contribution in [2.24, 2.45) is 0 Å². The van der Waals surface area contributed by atoms with Gasteiger partial charge in [-0.2, -0.15) is 0 Å². The van der Waals surface area contributed by atoms with Gasteiger partial charge in [0.05, 0.1) is 5.73 Å². The van der Waals surface area contributed by atoms with Crippen molar-refractivity contribution < 1.29 is 5.11 Å². The maximum absolute atomic E-state index is 11.9. The topological polar surface area (TPSA) is 20.2 Å². The first-order chi connectivity index (χ1) is 13.7. The molecule has 0 spiro atoms. The summed E-state index contributed by atoms with van der Waals surface area (Å²) in [6.45, 7) is 2.08. The fourth-order valence-corrected chi connectivity index (χ4v) is 8.87. The minimum atomic E-state index is -2.73. The van der Waals surface area contributed by atoms with Crippen LogP contribution in [0.1, 0.15) is 16.9 Å². The lowest BCUT2D eigenvalue weighted by Gasteiger charge is -2.38. The monoisotopic (exact) mass is 380 g/mol. The van der Waals surface area contributed by atoms with Crippen molar-refractivity contribution in [1.29, 1.82) is 0 Å². The molecule has 1 nitrogen and oxygen atoms in total. The largest absolute Gasteiger partial charge is 0.391 e. The summed E-state index contributed by atoms with van der Waals surface area (Å²) in [6, 6.07) is 39.9. The zero-order valence-electron chi connectivity index (χ0n) is 16.0. The van der Waals surface area contributed by atoms with Gasteiger partial charge in [0.1, 0.15) is 0 Å². The lowest BCUT2D eigenvalue weighted by molar-refractivity contribution is 0.254. The van der Waals surface area contributed by atoms with Gasteiger partial charge in [0, 0.05) is 0 Å². The van der Waals surface area contributed by atoms with Crippen molar-refractivity contribution in [1.82, 2.24) is 0 Å². The average Bonchev–Trinajstić information content (AvgIpc) is 2.77. The predicted octanol–water partition coefficient (Wildman–Crippen LogP) is 3.74. The van der Waals surface area contributed by atoms with Crippen molar-refractivity contribution >= 4 is 23.6 Å². The van der Waals surface area contributed by atoms with Crippen LogP contribution >= 0.6 is 0 Å². The lowest BCUT2D eigenvalue weighted by Crippen LogP contribution is -2.71. The zero-order chi connectivity index (χ0) is 19.4. The standard InChI is InChI=1S/C26H24OSi/c1-21-17-19-22(20-18-21)26(27)28(23-11-5-2-6-12-23,24-13-7-3-8-14-24)25-15-9-4-10-16-25/h2-20,26-27H,1H3/t26-/m1/s1. The van der Waals surface area contributed by atoms with Crippen molar-refractivity contribution in [2.75, 3.05) is 0 Å². The highest BCUT2D eigenvalue weighted by Gasteiger charge is 2.46. The Hall–Kier alpha value is -2.94. The van der Waals surface area contributed by atoms with E-state index in [1.54, 1.807) is 0 Å². The Bertz CT molecular complexity index is 916. The van der Waals surface area contributed by atoms with E-state index >= 15 is 0 Å². The molecular formula is C26H24OSi. The second-order valence-electron chi connectivity index (χ2n) is 7.22. The third-order valence-electron chi connectivity index (χ3n) is 5.49. The van der Waals surface area contributed by atoms with Crippen LogP contribution in [0, 0.1) is 6.92 Å². The van der Waals surface area contributed by atoms with Gasteiger partial charge >= 0.3 is 0 Å². The molecule has 4 rings (SSSR count). The molecule has 0 aromatic heterocycles.